The molecular formula is C13H9N3O2S. The maximum atomic E-state index is 12.3. The van der Waals surface area contributed by atoms with Gasteiger partial charge in [0.05, 0.1) is 6.26 Å². The summed E-state index contributed by atoms with van der Waals surface area (Å²) in [6, 6.07) is 12.6. The number of H-pyrrole nitrogens is 1. The second-order valence-corrected chi connectivity index (χ2v) is 4.22. The quantitative estimate of drug-likeness (QED) is 0.728. The number of carbonyl (C=O) groups excluding carboxylic acids is 1. The van der Waals surface area contributed by atoms with Gasteiger partial charge in [-0.05, 0) is 24.4 Å². The minimum absolute atomic E-state index is 0.217. The lowest BCUT2D eigenvalue weighted by molar-refractivity contribution is 0.0932. The van der Waals surface area contributed by atoms with Crippen molar-refractivity contribution in [3.05, 3.63) is 59.3 Å². The van der Waals surface area contributed by atoms with Crippen molar-refractivity contribution < 1.29 is 9.21 Å². The highest BCUT2D eigenvalue weighted by Gasteiger charge is 2.18. The first kappa shape index (κ1) is 11.6. The van der Waals surface area contributed by atoms with Crippen LogP contribution in [0.3, 0.4) is 0 Å². The number of aromatic nitrogens is 3. The predicted octanol–water partition coefficient (Wildman–Crippen LogP) is 2.89. The standard InChI is InChI=1S/C13H9N3O2S/c17-12(10-7-4-8-18-10)16-11(14-15-13(16)19)9-5-2-1-3-6-9/h1-8H,(H,15,19). The van der Waals surface area contributed by atoms with Gasteiger partial charge in [0, 0.05) is 5.56 Å². The van der Waals surface area contributed by atoms with Crippen LogP contribution in [-0.4, -0.2) is 20.7 Å². The van der Waals surface area contributed by atoms with Crippen LogP contribution in [0.1, 0.15) is 10.6 Å². The molecule has 0 unspecified atom stereocenters. The first-order valence-corrected chi connectivity index (χ1v) is 5.99. The lowest BCUT2D eigenvalue weighted by atomic mass is 10.2. The summed E-state index contributed by atoms with van der Waals surface area (Å²) in [5, 5.41) is 6.73. The van der Waals surface area contributed by atoms with E-state index >= 15 is 0 Å². The fourth-order valence-electron chi connectivity index (χ4n) is 1.78. The van der Waals surface area contributed by atoms with Crippen molar-refractivity contribution >= 4 is 18.1 Å². The molecule has 5 nitrogen and oxygen atoms in total. The van der Waals surface area contributed by atoms with Gasteiger partial charge in [0.25, 0.3) is 0 Å². The molecule has 0 atom stereocenters. The number of nitrogens with zero attached hydrogens (tertiary/aromatic N) is 2. The highest BCUT2D eigenvalue weighted by atomic mass is 32.1. The molecular weight excluding hydrogens is 262 g/mol. The van der Waals surface area contributed by atoms with E-state index in [-0.39, 0.29) is 16.4 Å². The number of nitrogens with one attached hydrogen (secondary N) is 1. The Morgan fingerprint density at radius 1 is 1.21 bits per heavy atom. The summed E-state index contributed by atoms with van der Waals surface area (Å²) < 4.78 is 6.67. The van der Waals surface area contributed by atoms with E-state index in [0.29, 0.717) is 5.82 Å². The van der Waals surface area contributed by atoms with Crippen molar-refractivity contribution in [2.75, 3.05) is 0 Å². The molecule has 0 saturated heterocycles. The second kappa shape index (κ2) is 4.66. The summed E-state index contributed by atoms with van der Waals surface area (Å²) in [5.74, 6) is 0.337. The van der Waals surface area contributed by atoms with Crippen molar-refractivity contribution in [2.45, 2.75) is 0 Å². The van der Waals surface area contributed by atoms with Crippen LogP contribution in [0.4, 0.5) is 0 Å². The molecule has 3 rings (SSSR count). The minimum atomic E-state index is -0.345. The largest absolute Gasteiger partial charge is 0.459 e. The third-order valence-electron chi connectivity index (χ3n) is 2.64. The molecule has 0 bridgehead atoms. The highest BCUT2D eigenvalue weighted by molar-refractivity contribution is 7.71. The molecule has 0 aliphatic heterocycles. The Hall–Kier alpha value is -2.47. The number of furan rings is 1. The molecule has 2 aromatic heterocycles. The van der Waals surface area contributed by atoms with E-state index in [9.17, 15) is 4.79 Å². The molecule has 3 aromatic rings. The Morgan fingerprint density at radius 2 is 2.00 bits per heavy atom. The van der Waals surface area contributed by atoms with Gasteiger partial charge in [0.2, 0.25) is 4.77 Å². The maximum absolute atomic E-state index is 12.3. The molecule has 0 fully saturated rings. The summed E-state index contributed by atoms with van der Waals surface area (Å²) >= 11 is 5.11. The Bertz CT molecular complexity index is 757. The van der Waals surface area contributed by atoms with Crippen LogP contribution >= 0.6 is 12.2 Å². The molecule has 0 spiro atoms. The van der Waals surface area contributed by atoms with Crippen molar-refractivity contribution in [1.82, 2.24) is 14.8 Å². The summed E-state index contributed by atoms with van der Waals surface area (Å²) in [6.07, 6.45) is 1.44. The Labute approximate surface area is 113 Å². The monoisotopic (exact) mass is 271 g/mol. The zero-order valence-electron chi connectivity index (χ0n) is 9.74. The number of rotatable bonds is 2. The van der Waals surface area contributed by atoms with Gasteiger partial charge in [-0.1, -0.05) is 30.3 Å². The summed E-state index contributed by atoms with van der Waals surface area (Å²) in [7, 11) is 0. The normalized spacial score (nSPS) is 10.5. The SMILES string of the molecule is O=C(c1ccco1)n1c(-c2ccccc2)n[nH]c1=S. The van der Waals surface area contributed by atoms with Crippen molar-refractivity contribution in [3.8, 4) is 11.4 Å². The van der Waals surface area contributed by atoms with Crippen LogP contribution in [0.15, 0.2) is 53.1 Å². The van der Waals surface area contributed by atoms with Crippen LogP contribution in [0.2, 0.25) is 0 Å². The van der Waals surface area contributed by atoms with E-state index in [1.165, 1.54) is 10.8 Å². The molecule has 1 aromatic carbocycles. The van der Waals surface area contributed by atoms with Gasteiger partial charge in [-0.3, -0.25) is 9.89 Å². The lowest BCUT2D eigenvalue weighted by Crippen LogP contribution is -2.12. The average molecular weight is 271 g/mol. The second-order valence-electron chi connectivity index (χ2n) is 3.84. The Morgan fingerprint density at radius 3 is 2.68 bits per heavy atom. The van der Waals surface area contributed by atoms with E-state index in [1.54, 1.807) is 12.1 Å². The Kier molecular flexibility index (Phi) is 2.85. The van der Waals surface area contributed by atoms with Gasteiger partial charge in [-0.25, -0.2) is 4.57 Å². The molecule has 6 heteroatoms. The van der Waals surface area contributed by atoms with Crippen LogP contribution in [0.5, 0.6) is 0 Å². The Balaban J connectivity index is 2.15. The first-order chi connectivity index (χ1) is 9.27. The van der Waals surface area contributed by atoms with E-state index < -0.39 is 0 Å². The zero-order chi connectivity index (χ0) is 13.2. The number of carbonyl (C=O) groups is 1. The minimum Gasteiger partial charge on any atom is -0.459 e. The number of hydrogen-bond acceptors (Lipinski definition) is 4. The van der Waals surface area contributed by atoms with Crippen LogP contribution in [0, 0.1) is 4.77 Å². The van der Waals surface area contributed by atoms with E-state index in [2.05, 4.69) is 10.2 Å². The number of benzene rings is 1. The molecule has 2 heterocycles. The third kappa shape index (κ3) is 2.02. The smallest absolute Gasteiger partial charge is 0.301 e. The van der Waals surface area contributed by atoms with Crippen LogP contribution in [0.25, 0.3) is 11.4 Å². The van der Waals surface area contributed by atoms with Crippen LogP contribution in [-0.2, 0) is 0 Å². The van der Waals surface area contributed by atoms with Gasteiger partial charge in [-0.15, -0.1) is 0 Å². The fourth-order valence-corrected chi connectivity index (χ4v) is 1.99. The molecule has 94 valence electrons. The predicted molar refractivity (Wildman–Crippen MR) is 71.3 cm³/mol. The average Bonchev–Trinajstić information content (AvgIpc) is 3.08. The van der Waals surface area contributed by atoms with E-state index in [4.69, 9.17) is 16.6 Å². The molecule has 0 radical (unpaired) electrons. The molecule has 1 N–H and O–H groups in total. The van der Waals surface area contributed by atoms with Crippen molar-refractivity contribution in [3.63, 3.8) is 0 Å². The van der Waals surface area contributed by atoms with Crippen molar-refractivity contribution in [1.29, 1.82) is 0 Å². The lowest BCUT2D eigenvalue weighted by Gasteiger charge is -2.03. The zero-order valence-corrected chi connectivity index (χ0v) is 10.6. The van der Waals surface area contributed by atoms with E-state index in [0.717, 1.165) is 5.56 Å². The summed E-state index contributed by atoms with van der Waals surface area (Å²) in [6.45, 7) is 0. The maximum Gasteiger partial charge on any atom is 0.301 e. The van der Waals surface area contributed by atoms with Crippen LogP contribution < -0.4 is 0 Å². The fraction of sp³-hybridized carbons (Fsp3) is 0. The highest BCUT2D eigenvalue weighted by Crippen LogP contribution is 2.18. The third-order valence-corrected chi connectivity index (χ3v) is 2.91. The number of aromatic amines is 1. The summed E-state index contributed by atoms with van der Waals surface area (Å²) in [4.78, 5) is 12.3. The van der Waals surface area contributed by atoms with Gasteiger partial charge >= 0.3 is 5.91 Å². The summed E-state index contributed by atoms with van der Waals surface area (Å²) in [5.41, 5.74) is 0.801. The van der Waals surface area contributed by atoms with Gasteiger partial charge < -0.3 is 4.42 Å². The van der Waals surface area contributed by atoms with E-state index in [1.807, 2.05) is 30.3 Å². The topological polar surface area (TPSA) is 63.8 Å². The first-order valence-electron chi connectivity index (χ1n) is 5.58. The van der Waals surface area contributed by atoms with Gasteiger partial charge in [0.1, 0.15) is 0 Å². The molecule has 0 saturated carbocycles. The molecule has 0 aliphatic rings. The number of hydrogen-bond donors (Lipinski definition) is 1. The van der Waals surface area contributed by atoms with Gasteiger partial charge in [0.15, 0.2) is 11.6 Å². The van der Waals surface area contributed by atoms with Crippen molar-refractivity contribution in [2.24, 2.45) is 0 Å². The van der Waals surface area contributed by atoms with Gasteiger partial charge in [-0.2, -0.15) is 5.10 Å². The molecule has 0 amide bonds. The molecule has 0 aliphatic carbocycles. The molecule has 19 heavy (non-hydrogen) atoms.